The van der Waals surface area contributed by atoms with Crippen molar-refractivity contribution in [2.75, 3.05) is 10.6 Å². The molecule has 0 fully saturated rings. The van der Waals surface area contributed by atoms with Crippen molar-refractivity contribution in [1.29, 1.82) is 0 Å². The van der Waals surface area contributed by atoms with E-state index >= 15 is 0 Å². The molecule has 2 N–H and O–H groups in total. The lowest BCUT2D eigenvalue weighted by Gasteiger charge is -2.19. The van der Waals surface area contributed by atoms with Gasteiger partial charge < -0.3 is 10.6 Å². The standard InChI is InChI=1S/C26H21ClN2O3/c1-15(2)18-7-5-6-10-21(18)29-26(32)16-11-13-17(14-12-16)28-23-22(27)24(30)19-8-3-4-9-20(19)25(23)31/h3-15,28H,1-2H3,(H,29,32). The Morgan fingerprint density at radius 3 is 2.06 bits per heavy atom. The zero-order chi connectivity index (χ0) is 22.8. The Hall–Kier alpha value is -3.70. The Bertz CT molecular complexity index is 1260. The second-order valence-electron chi connectivity index (χ2n) is 7.79. The quantitative estimate of drug-likeness (QED) is 0.505. The zero-order valence-corrected chi connectivity index (χ0v) is 18.4. The summed E-state index contributed by atoms with van der Waals surface area (Å²) < 4.78 is 0. The van der Waals surface area contributed by atoms with E-state index in [1.165, 1.54) is 0 Å². The predicted molar refractivity (Wildman–Crippen MR) is 127 cm³/mol. The molecule has 0 heterocycles. The third kappa shape index (κ3) is 4.07. The van der Waals surface area contributed by atoms with E-state index in [-0.39, 0.29) is 28.3 Å². The molecule has 32 heavy (non-hydrogen) atoms. The van der Waals surface area contributed by atoms with Gasteiger partial charge in [0.15, 0.2) is 0 Å². The minimum absolute atomic E-state index is 0.0263. The molecule has 0 bridgehead atoms. The van der Waals surface area contributed by atoms with Crippen LogP contribution in [0.3, 0.4) is 0 Å². The number of nitrogens with one attached hydrogen (secondary N) is 2. The van der Waals surface area contributed by atoms with Gasteiger partial charge in [0.05, 0.1) is 0 Å². The molecule has 0 aromatic heterocycles. The molecule has 6 heteroatoms. The van der Waals surface area contributed by atoms with E-state index in [4.69, 9.17) is 11.6 Å². The molecule has 0 radical (unpaired) electrons. The molecule has 0 saturated carbocycles. The molecule has 0 aliphatic heterocycles. The van der Waals surface area contributed by atoms with Crippen LogP contribution in [0.2, 0.25) is 0 Å². The van der Waals surface area contributed by atoms with E-state index in [1.54, 1.807) is 48.5 Å². The maximum Gasteiger partial charge on any atom is 0.255 e. The highest BCUT2D eigenvalue weighted by Gasteiger charge is 2.31. The summed E-state index contributed by atoms with van der Waals surface area (Å²) in [6.07, 6.45) is 0. The number of ketones is 2. The first-order valence-electron chi connectivity index (χ1n) is 10.2. The van der Waals surface area contributed by atoms with Crippen LogP contribution in [0.5, 0.6) is 0 Å². The van der Waals surface area contributed by atoms with E-state index in [0.29, 0.717) is 22.4 Å². The molecule has 0 unspecified atom stereocenters. The highest BCUT2D eigenvalue weighted by atomic mass is 35.5. The summed E-state index contributed by atoms with van der Waals surface area (Å²) in [6.45, 7) is 4.14. The molecule has 0 spiro atoms. The fraction of sp³-hybridized carbons (Fsp3) is 0.115. The minimum atomic E-state index is -0.399. The second-order valence-corrected chi connectivity index (χ2v) is 8.17. The van der Waals surface area contributed by atoms with Crippen molar-refractivity contribution in [3.63, 3.8) is 0 Å². The van der Waals surface area contributed by atoms with Crippen LogP contribution in [-0.4, -0.2) is 17.5 Å². The van der Waals surface area contributed by atoms with Crippen molar-refractivity contribution in [1.82, 2.24) is 0 Å². The number of allylic oxidation sites excluding steroid dienone is 2. The lowest BCUT2D eigenvalue weighted by molar-refractivity contribution is 0.0982. The first-order valence-corrected chi connectivity index (χ1v) is 10.6. The zero-order valence-electron chi connectivity index (χ0n) is 17.6. The van der Waals surface area contributed by atoms with Crippen molar-refractivity contribution in [2.45, 2.75) is 19.8 Å². The molecule has 5 nitrogen and oxygen atoms in total. The van der Waals surface area contributed by atoms with Gasteiger partial charge in [-0.05, 0) is 41.8 Å². The number of rotatable bonds is 5. The number of amides is 1. The normalized spacial score (nSPS) is 13.2. The Morgan fingerprint density at radius 1 is 0.812 bits per heavy atom. The van der Waals surface area contributed by atoms with Crippen molar-refractivity contribution in [3.8, 4) is 0 Å². The van der Waals surface area contributed by atoms with Gasteiger partial charge in [-0.25, -0.2) is 0 Å². The van der Waals surface area contributed by atoms with Gasteiger partial charge in [-0.3, -0.25) is 14.4 Å². The largest absolute Gasteiger partial charge is 0.351 e. The van der Waals surface area contributed by atoms with Gasteiger partial charge in [-0.1, -0.05) is 67.9 Å². The summed E-state index contributed by atoms with van der Waals surface area (Å²) in [5.41, 5.74) is 3.46. The van der Waals surface area contributed by atoms with E-state index in [9.17, 15) is 14.4 Å². The van der Waals surface area contributed by atoms with Crippen LogP contribution in [0.15, 0.2) is 83.5 Å². The monoisotopic (exact) mass is 444 g/mol. The van der Waals surface area contributed by atoms with Crippen LogP contribution in [0, 0.1) is 0 Å². The van der Waals surface area contributed by atoms with Gasteiger partial charge in [0.25, 0.3) is 5.91 Å². The number of para-hydroxylation sites is 1. The molecule has 4 rings (SSSR count). The van der Waals surface area contributed by atoms with Crippen molar-refractivity contribution < 1.29 is 14.4 Å². The summed E-state index contributed by atoms with van der Waals surface area (Å²) in [6, 6.07) is 20.9. The van der Waals surface area contributed by atoms with Crippen LogP contribution >= 0.6 is 11.6 Å². The van der Waals surface area contributed by atoms with Crippen LogP contribution < -0.4 is 10.6 Å². The molecule has 3 aromatic carbocycles. The predicted octanol–water partition coefficient (Wildman–Crippen LogP) is 6.00. The number of hydrogen-bond acceptors (Lipinski definition) is 4. The van der Waals surface area contributed by atoms with Gasteiger partial charge in [-0.2, -0.15) is 0 Å². The van der Waals surface area contributed by atoms with Crippen LogP contribution in [0.25, 0.3) is 0 Å². The Kier molecular flexibility index (Phi) is 5.93. The smallest absolute Gasteiger partial charge is 0.255 e. The lowest BCUT2D eigenvalue weighted by atomic mass is 9.92. The molecule has 1 aliphatic carbocycles. The number of benzene rings is 3. The van der Waals surface area contributed by atoms with Crippen molar-refractivity contribution >= 4 is 40.4 Å². The van der Waals surface area contributed by atoms with Gasteiger partial charge in [0.2, 0.25) is 11.6 Å². The van der Waals surface area contributed by atoms with Gasteiger partial charge in [0, 0.05) is 28.1 Å². The number of carbonyl (C=O) groups is 3. The highest BCUT2D eigenvalue weighted by molar-refractivity contribution is 6.50. The summed E-state index contributed by atoms with van der Waals surface area (Å²) in [5, 5.41) is 5.74. The van der Waals surface area contributed by atoms with Gasteiger partial charge in [0.1, 0.15) is 10.7 Å². The Morgan fingerprint density at radius 2 is 1.41 bits per heavy atom. The van der Waals surface area contributed by atoms with E-state index in [1.807, 2.05) is 24.3 Å². The first kappa shape index (κ1) is 21.5. The second kappa shape index (κ2) is 8.81. The summed E-state index contributed by atoms with van der Waals surface area (Å²) in [7, 11) is 0. The minimum Gasteiger partial charge on any atom is -0.351 e. The third-order valence-electron chi connectivity index (χ3n) is 5.31. The average Bonchev–Trinajstić information content (AvgIpc) is 2.81. The lowest BCUT2D eigenvalue weighted by Crippen LogP contribution is -2.24. The molecular formula is C26H21ClN2O3. The third-order valence-corrected chi connectivity index (χ3v) is 5.67. The van der Waals surface area contributed by atoms with Crippen LogP contribution in [-0.2, 0) is 0 Å². The number of hydrogen-bond donors (Lipinski definition) is 2. The van der Waals surface area contributed by atoms with Crippen LogP contribution in [0.1, 0.15) is 56.4 Å². The first-order chi connectivity index (χ1) is 15.4. The van der Waals surface area contributed by atoms with Crippen molar-refractivity contribution in [2.24, 2.45) is 0 Å². The number of halogens is 1. The molecule has 160 valence electrons. The topological polar surface area (TPSA) is 75.3 Å². The van der Waals surface area contributed by atoms with E-state index < -0.39 is 5.78 Å². The highest BCUT2D eigenvalue weighted by Crippen LogP contribution is 2.29. The van der Waals surface area contributed by atoms with Crippen LogP contribution in [0.4, 0.5) is 11.4 Å². The Labute approximate surface area is 191 Å². The number of carbonyl (C=O) groups excluding carboxylic acids is 3. The molecule has 0 atom stereocenters. The SMILES string of the molecule is CC(C)c1ccccc1NC(=O)c1ccc(NC2=C(Cl)C(=O)c3ccccc3C2=O)cc1. The molecule has 0 saturated heterocycles. The van der Waals surface area contributed by atoms with E-state index in [0.717, 1.165) is 11.3 Å². The fourth-order valence-electron chi connectivity index (χ4n) is 3.61. The van der Waals surface area contributed by atoms with Gasteiger partial charge >= 0.3 is 0 Å². The fourth-order valence-corrected chi connectivity index (χ4v) is 3.85. The summed E-state index contributed by atoms with van der Waals surface area (Å²) in [5.74, 6) is -0.710. The van der Waals surface area contributed by atoms with Crippen molar-refractivity contribution in [3.05, 3.63) is 106 Å². The number of Topliss-reactive ketones (excluding diaryl/α,β-unsaturated/α-hetero) is 2. The summed E-state index contributed by atoms with van der Waals surface area (Å²) >= 11 is 6.20. The summed E-state index contributed by atoms with van der Waals surface area (Å²) in [4.78, 5) is 38.1. The molecular weight excluding hydrogens is 424 g/mol. The molecule has 1 amide bonds. The number of fused-ring (bicyclic) bond motifs is 1. The molecule has 1 aliphatic rings. The van der Waals surface area contributed by atoms with Gasteiger partial charge in [-0.15, -0.1) is 0 Å². The molecule has 3 aromatic rings. The Balaban J connectivity index is 1.53. The maximum atomic E-state index is 12.8. The maximum absolute atomic E-state index is 12.8. The average molecular weight is 445 g/mol. The number of anilines is 2. The van der Waals surface area contributed by atoms with E-state index in [2.05, 4.69) is 24.5 Å².